The number of ether oxygens (including phenoxy) is 1. The van der Waals surface area contributed by atoms with E-state index in [4.69, 9.17) is 28.6 Å². The number of carbonyl (C=O) groups is 2. The van der Waals surface area contributed by atoms with Gasteiger partial charge in [-0.1, -0.05) is 35.9 Å². The summed E-state index contributed by atoms with van der Waals surface area (Å²) in [4.78, 5) is 26.7. The number of hydrogen-bond donors (Lipinski definition) is 2. The molecule has 0 radical (unpaired) electrons. The van der Waals surface area contributed by atoms with E-state index in [0.29, 0.717) is 42.6 Å². The van der Waals surface area contributed by atoms with Gasteiger partial charge in [0.1, 0.15) is 0 Å². The van der Waals surface area contributed by atoms with Crippen LogP contribution in [0.25, 0.3) is 0 Å². The SMILES string of the molecule is O=C(Cc1ccc(Cl)cc1)NC(=S)Nc1ccccc1C(=O)N1CCOCC1. The van der Waals surface area contributed by atoms with Crippen molar-refractivity contribution >= 4 is 46.4 Å². The van der Waals surface area contributed by atoms with Crippen molar-refractivity contribution in [3.05, 3.63) is 64.7 Å². The average Bonchev–Trinajstić information content (AvgIpc) is 2.70. The number of nitrogens with zero attached hydrogens (tertiary/aromatic N) is 1. The van der Waals surface area contributed by atoms with Crippen LogP contribution in [-0.4, -0.2) is 48.1 Å². The lowest BCUT2D eigenvalue weighted by atomic mass is 10.1. The van der Waals surface area contributed by atoms with Crippen LogP contribution in [0.4, 0.5) is 5.69 Å². The van der Waals surface area contributed by atoms with Gasteiger partial charge in [-0.05, 0) is 42.0 Å². The number of thiocarbonyl (C=S) groups is 1. The smallest absolute Gasteiger partial charge is 0.256 e. The van der Waals surface area contributed by atoms with Gasteiger partial charge in [0.2, 0.25) is 5.91 Å². The molecular weight excluding hydrogens is 398 g/mol. The Morgan fingerprint density at radius 3 is 2.46 bits per heavy atom. The van der Waals surface area contributed by atoms with Gasteiger partial charge in [0.15, 0.2) is 5.11 Å². The van der Waals surface area contributed by atoms with E-state index in [1.54, 1.807) is 53.4 Å². The number of morpholine rings is 1. The molecule has 1 saturated heterocycles. The summed E-state index contributed by atoms with van der Waals surface area (Å²) in [5, 5.41) is 6.35. The van der Waals surface area contributed by atoms with Crippen LogP contribution in [0.1, 0.15) is 15.9 Å². The van der Waals surface area contributed by atoms with Gasteiger partial charge in [-0.25, -0.2) is 0 Å². The number of rotatable bonds is 4. The summed E-state index contributed by atoms with van der Waals surface area (Å²) in [5.74, 6) is -0.349. The van der Waals surface area contributed by atoms with Crippen molar-refractivity contribution in [1.82, 2.24) is 10.2 Å². The summed E-state index contributed by atoms with van der Waals surface area (Å²) in [6.45, 7) is 2.16. The number of carbonyl (C=O) groups excluding carboxylic acids is 2. The number of amides is 2. The quantitative estimate of drug-likeness (QED) is 0.748. The fourth-order valence-electron chi connectivity index (χ4n) is 2.83. The summed E-state index contributed by atoms with van der Waals surface area (Å²) in [5.41, 5.74) is 1.88. The molecule has 1 aliphatic heterocycles. The van der Waals surface area contributed by atoms with Crippen LogP contribution >= 0.6 is 23.8 Å². The minimum atomic E-state index is -0.253. The maximum atomic E-state index is 12.8. The van der Waals surface area contributed by atoms with Crippen molar-refractivity contribution in [2.75, 3.05) is 31.6 Å². The molecule has 8 heteroatoms. The second-order valence-corrected chi connectivity index (χ2v) is 7.10. The van der Waals surface area contributed by atoms with Crippen molar-refractivity contribution in [2.24, 2.45) is 0 Å². The molecule has 2 aromatic rings. The Morgan fingerprint density at radius 1 is 1.07 bits per heavy atom. The van der Waals surface area contributed by atoms with Crippen LogP contribution in [0.2, 0.25) is 5.02 Å². The van der Waals surface area contributed by atoms with Crippen molar-refractivity contribution in [1.29, 1.82) is 0 Å². The summed E-state index contributed by atoms with van der Waals surface area (Å²) in [6, 6.07) is 14.1. The molecule has 2 aromatic carbocycles. The normalized spacial score (nSPS) is 13.7. The van der Waals surface area contributed by atoms with E-state index in [1.807, 2.05) is 0 Å². The molecule has 1 heterocycles. The third kappa shape index (κ3) is 5.51. The predicted octanol–water partition coefficient (Wildman–Crippen LogP) is 2.87. The largest absolute Gasteiger partial charge is 0.378 e. The Bertz CT molecular complexity index is 867. The zero-order chi connectivity index (χ0) is 19.9. The average molecular weight is 418 g/mol. The van der Waals surface area contributed by atoms with Gasteiger partial charge in [-0.2, -0.15) is 0 Å². The van der Waals surface area contributed by atoms with Crippen LogP contribution in [0.3, 0.4) is 0 Å². The van der Waals surface area contributed by atoms with Crippen LogP contribution < -0.4 is 10.6 Å². The molecule has 1 aliphatic rings. The number of para-hydroxylation sites is 1. The maximum Gasteiger partial charge on any atom is 0.256 e. The highest BCUT2D eigenvalue weighted by Crippen LogP contribution is 2.18. The molecule has 1 fully saturated rings. The standard InChI is InChI=1S/C20H20ClN3O3S/c21-15-7-5-14(6-8-15)13-18(25)23-20(28)22-17-4-2-1-3-16(17)19(26)24-9-11-27-12-10-24/h1-8H,9-13H2,(H2,22,23,25,28). The van der Waals surface area contributed by atoms with Crippen molar-refractivity contribution in [2.45, 2.75) is 6.42 Å². The monoisotopic (exact) mass is 417 g/mol. The van der Waals surface area contributed by atoms with E-state index in [9.17, 15) is 9.59 Å². The molecule has 0 atom stereocenters. The first-order chi connectivity index (χ1) is 13.5. The summed E-state index contributed by atoms with van der Waals surface area (Å²) in [7, 11) is 0. The van der Waals surface area contributed by atoms with E-state index in [0.717, 1.165) is 5.56 Å². The highest BCUT2D eigenvalue weighted by molar-refractivity contribution is 7.80. The first-order valence-corrected chi connectivity index (χ1v) is 9.63. The number of halogens is 1. The molecule has 0 aromatic heterocycles. The minimum absolute atomic E-state index is 0.0957. The van der Waals surface area contributed by atoms with Crippen LogP contribution in [-0.2, 0) is 16.0 Å². The summed E-state index contributed by atoms with van der Waals surface area (Å²) >= 11 is 11.1. The molecule has 146 valence electrons. The van der Waals surface area contributed by atoms with Crippen LogP contribution in [0, 0.1) is 0 Å². The molecule has 0 bridgehead atoms. The third-order valence-corrected chi connectivity index (χ3v) is 4.69. The Hall–Kier alpha value is -2.48. The van der Waals surface area contributed by atoms with Gasteiger partial charge < -0.3 is 20.3 Å². The van der Waals surface area contributed by atoms with E-state index in [-0.39, 0.29) is 23.3 Å². The van der Waals surface area contributed by atoms with E-state index >= 15 is 0 Å². The van der Waals surface area contributed by atoms with Crippen molar-refractivity contribution in [3.63, 3.8) is 0 Å². The van der Waals surface area contributed by atoms with Crippen LogP contribution in [0.5, 0.6) is 0 Å². The lowest BCUT2D eigenvalue weighted by Gasteiger charge is -2.27. The lowest BCUT2D eigenvalue weighted by Crippen LogP contribution is -2.41. The highest BCUT2D eigenvalue weighted by atomic mass is 35.5. The van der Waals surface area contributed by atoms with Gasteiger partial charge in [-0.15, -0.1) is 0 Å². The van der Waals surface area contributed by atoms with Crippen molar-refractivity contribution in [3.8, 4) is 0 Å². The molecule has 0 spiro atoms. The summed E-state index contributed by atoms with van der Waals surface area (Å²) in [6.07, 6.45) is 0.174. The molecule has 0 saturated carbocycles. The topological polar surface area (TPSA) is 70.7 Å². The molecule has 3 rings (SSSR count). The first kappa shape index (κ1) is 20.3. The fourth-order valence-corrected chi connectivity index (χ4v) is 3.18. The highest BCUT2D eigenvalue weighted by Gasteiger charge is 2.21. The van der Waals surface area contributed by atoms with Gasteiger partial charge >= 0.3 is 0 Å². The van der Waals surface area contributed by atoms with Gasteiger partial charge in [0.05, 0.1) is 30.9 Å². The van der Waals surface area contributed by atoms with E-state index in [2.05, 4.69) is 10.6 Å². The summed E-state index contributed by atoms with van der Waals surface area (Å²) < 4.78 is 5.29. The van der Waals surface area contributed by atoms with E-state index in [1.165, 1.54) is 0 Å². The van der Waals surface area contributed by atoms with Crippen LogP contribution in [0.15, 0.2) is 48.5 Å². The van der Waals surface area contributed by atoms with Crippen molar-refractivity contribution < 1.29 is 14.3 Å². The second-order valence-electron chi connectivity index (χ2n) is 6.26. The Labute approximate surface area is 173 Å². The molecular formula is C20H20ClN3O3S. The fraction of sp³-hybridized carbons (Fsp3) is 0.250. The zero-order valence-corrected chi connectivity index (χ0v) is 16.7. The lowest BCUT2D eigenvalue weighted by molar-refractivity contribution is -0.119. The zero-order valence-electron chi connectivity index (χ0n) is 15.1. The molecule has 6 nitrogen and oxygen atoms in total. The molecule has 0 aliphatic carbocycles. The van der Waals surface area contributed by atoms with Gasteiger partial charge in [0.25, 0.3) is 5.91 Å². The number of benzene rings is 2. The number of anilines is 1. The molecule has 28 heavy (non-hydrogen) atoms. The Kier molecular flexibility index (Phi) is 6.97. The predicted molar refractivity (Wildman–Crippen MR) is 113 cm³/mol. The first-order valence-electron chi connectivity index (χ1n) is 8.84. The number of hydrogen-bond acceptors (Lipinski definition) is 4. The maximum absolute atomic E-state index is 12.8. The molecule has 2 amide bonds. The van der Waals surface area contributed by atoms with E-state index < -0.39 is 0 Å². The minimum Gasteiger partial charge on any atom is -0.378 e. The second kappa shape index (κ2) is 9.64. The Morgan fingerprint density at radius 2 is 1.75 bits per heavy atom. The molecule has 2 N–H and O–H groups in total. The Balaban J connectivity index is 1.61. The molecule has 0 unspecified atom stereocenters. The van der Waals surface area contributed by atoms with Gasteiger partial charge in [-0.3, -0.25) is 9.59 Å². The van der Waals surface area contributed by atoms with Gasteiger partial charge in [0, 0.05) is 18.1 Å². The number of nitrogens with one attached hydrogen (secondary N) is 2. The third-order valence-electron chi connectivity index (χ3n) is 4.23.